The van der Waals surface area contributed by atoms with Crippen LogP contribution < -0.4 is 0 Å². The van der Waals surface area contributed by atoms with Crippen molar-refractivity contribution in [2.45, 2.75) is 0 Å². The molecule has 0 spiro atoms. The molecule has 0 aliphatic carbocycles. The second-order valence-electron chi connectivity index (χ2n) is 14.5. The molecule has 0 amide bonds. The lowest BCUT2D eigenvalue weighted by Gasteiger charge is -2.16. The molecule has 13 aromatic rings. The molecule has 0 saturated carbocycles. The maximum absolute atomic E-state index is 5.59. The van der Waals surface area contributed by atoms with Crippen LogP contribution in [0.2, 0.25) is 0 Å². The van der Waals surface area contributed by atoms with E-state index in [0.717, 1.165) is 44.5 Å². The summed E-state index contributed by atoms with van der Waals surface area (Å²) in [5, 5.41) is 14.9. The lowest BCUT2D eigenvalue weighted by atomic mass is 9.97. The molecule has 248 valence electrons. The van der Waals surface area contributed by atoms with Crippen molar-refractivity contribution in [3.8, 4) is 17.1 Å². The zero-order chi connectivity index (χ0) is 35.1. The summed E-state index contributed by atoms with van der Waals surface area (Å²) in [5.41, 5.74) is 9.56. The summed E-state index contributed by atoms with van der Waals surface area (Å²) in [6.45, 7) is 0. The number of para-hydroxylation sites is 4. The van der Waals surface area contributed by atoms with E-state index in [4.69, 9.17) is 9.97 Å². The molecule has 0 N–H and O–H groups in total. The van der Waals surface area contributed by atoms with Gasteiger partial charge in [-0.25, -0.2) is 9.97 Å². The average molecular weight is 685 g/mol. The third-order valence-electron chi connectivity index (χ3n) is 11.8. The first-order valence-electron chi connectivity index (χ1n) is 18.5. The van der Waals surface area contributed by atoms with Crippen molar-refractivity contribution in [1.82, 2.24) is 18.9 Å². The molecule has 0 aliphatic rings. The highest BCUT2D eigenvalue weighted by Crippen LogP contribution is 2.49. The van der Waals surface area contributed by atoms with Crippen LogP contribution in [0.4, 0.5) is 0 Å². The zero-order valence-corrected chi connectivity index (χ0v) is 29.0. The fraction of sp³-hybridized carbons (Fsp3) is 0. The van der Waals surface area contributed by atoms with Crippen LogP contribution in [0.5, 0.6) is 0 Å². The minimum absolute atomic E-state index is 0.822. The van der Waals surface area contributed by atoms with Gasteiger partial charge in [0.2, 0.25) is 0 Å². The second-order valence-corrected chi connectivity index (χ2v) is 14.5. The van der Waals surface area contributed by atoms with Crippen LogP contribution >= 0.6 is 0 Å². The molecule has 4 nitrogen and oxygen atoms in total. The van der Waals surface area contributed by atoms with Gasteiger partial charge in [0.25, 0.3) is 0 Å². The Morgan fingerprint density at radius 3 is 1.69 bits per heavy atom. The zero-order valence-electron chi connectivity index (χ0n) is 29.0. The van der Waals surface area contributed by atoms with E-state index in [0.29, 0.717) is 0 Å². The molecule has 0 unspecified atom stereocenters. The number of hydrogen-bond donors (Lipinski definition) is 0. The monoisotopic (exact) mass is 684 g/mol. The van der Waals surface area contributed by atoms with Gasteiger partial charge in [-0.05, 0) is 56.6 Å². The molecule has 0 fully saturated rings. The number of hydrogen-bond acceptors (Lipinski definition) is 2. The van der Waals surface area contributed by atoms with Crippen molar-refractivity contribution in [2.75, 3.05) is 0 Å². The van der Waals surface area contributed by atoms with E-state index in [2.05, 4.69) is 173 Å². The molecule has 0 atom stereocenters. The Hall–Kier alpha value is -7.30. The quantitative estimate of drug-likeness (QED) is 0.182. The predicted octanol–water partition coefficient (Wildman–Crippen LogP) is 13.0. The first kappa shape index (κ1) is 28.3. The summed E-state index contributed by atoms with van der Waals surface area (Å²) < 4.78 is 4.98. The molecule has 54 heavy (non-hydrogen) atoms. The summed E-state index contributed by atoms with van der Waals surface area (Å²) in [4.78, 5) is 11.1. The van der Waals surface area contributed by atoms with Gasteiger partial charge in [-0.15, -0.1) is 0 Å². The number of aromatic nitrogens is 4. The van der Waals surface area contributed by atoms with Gasteiger partial charge >= 0.3 is 0 Å². The molecule has 4 aromatic heterocycles. The summed E-state index contributed by atoms with van der Waals surface area (Å²) >= 11 is 0. The maximum atomic E-state index is 5.59. The molecule has 13 rings (SSSR count). The van der Waals surface area contributed by atoms with Crippen LogP contribution in [0.3, 0.4) is 0 Å². The van der Waals surface area contributed by atoms with E-state index in [1.165, 1.54) is 75.8 Å². The Morgan fingerprint density at radius 1 is 0.333 bits per heavy atom. The van der Waals surface area contributed by atoms with E-state index < -0.39 is 0 Å². The van der Waals surface area contributed by atoms with E-state index in [9.17, 15) is 0 Å². The predicted molar refractivity (Wildman–Crippen MR) is 226 cm³/mol. The fourth-order valence-corrected chi connectivity index (χ4v) is 9.64. The molecular formula is C50H28N4. The minimum atomic E-state index is 0.822. The SMILES string of the molecule is c1ccc2c(-c3nc4ccccc4nc3-n3c4ccccc4c4c5ccccc5c5c6cccc7c8c9ccccc9ccc8n(c76)c5c43)cccc2c1. The van der Waals surface area contributed by atoms with Crippen LogP contribution in [0, 0.1) is 0 Å². The van der Waals surface area contributed by atoms with E-state index in [1.54, 1.807) is 0 Å². The van der Waals surface area contributed by atoms with Crippen molar-refractivity contribution in [2.24, 2.45) is 0 Å². The van der Waals surface area contributed by atoms with Crippen LogP contribution in [0.25, 0.3) is 120 Å². The molecule has 0 bridgehead atoms. The summed E-state index contributed by atoms with van der Waals surface area (Å²) in [7, 11) is 0. The van der Waals surface area contributed by atoms with Crippen LogP contribution in [-0.2, 0) is 0 Å². The third-order valence-corrected chi connectivity index (χ3v) is 11.8. The first-order chi connectivity index (χ1) is 26.8. The summed E-state index contributed by atoms with van der Waals surface area (Å²) in [6, 6.07) is 61.4. The maximum Gasteiger partial charge on any atom is 0.165 e. The number of nitrogens with zero attached hydrogens (tertiary/aromatic N) is 4. The van der Waals surface area contributed by atoms with Crippen molar-refractivity contribution < 1.29 is 0 Å². The van der Waals surface area contributed by atoms with Crippen molar-refractivity contribution in [3.63, 3.8) is 0 Å². The standard InChI is InChI=1S/C50H28N4/c1-3-16-31-29(13-1)15-11-21-35(31)46-50(52-40-25-9-8-24-39(40)51-46)54-41-26-10-7-20-36(41)44-33-18-5-6-19-34(33)45-38-23-12-22-37-43-32-17-4-2-14-30(32)27-28-42(43)53(47(37)38)48(45)49(44)54/h1-28H. The smallest absolute Gasteiger partial charge is 0.165 e. The normalized spacial score (nSPS) is 12.4. The van der Waals surface area contributed by atoms with Gasteiger partial charge in [-0.2, -0.15) is 0 Å². The molecule has 4 heterocycles. The molecule has 9 aromatic carbocycles. The van der Waals surface area contributed by atoms with Gasteiger partial charge in [0, 0.05) is 37.9 Å². The number of rotatable bonds is 2. The van der Waals surface area contributed by atoms with Gasteiger partial charge in [0.15, 0.2) is 5.82 Å². The Bertz CT molecular complexity index is 3730. The lowest BCUT2D eigenvalue weighted by molar-refractivity contribution is 1.08. The van der Waals surface area contributed by atoms with E-state index in [1.807, 2.05) is 6.07 Å². The second kappa shape index (κ2) is 10.2. The fourth-order valence-electron chi connectivity index (χ4n) is 9.64. The molecule has 0 aliphatic heterocycles. The number of fused-ring (bicyclic) bond motifs is 17. The lowest BCUT2D eigenvalue weighted by Crippen LogP contribution is -2.04. The number of benzene rings is 9. The Kier molecular flexibility index (Phi) is 5.34. The van der Waals surface area contributed by atoms with Gasteiger partial charge in [-0.3, -0.25) is 4.57 Å². The molecule has 4 heteroatoms. The highest BCUT2D eigenvalue weighted by atomic mass is 15.1. The minimum Gasteiger partial charge on any atom is -0.306 e. The Morgan fingerprint density at radius 2 is 0.889 bits per heavy atom. The van der Waals surface area contributed by atoms with E-state index >= 15 is 0 Å². The largest absolute Gasteiger partial charge is 0.306 e. The summed E-state index contributed by atoms with van der Waals surface area (Å²) in [5.74, 6) is 0.822. The van der Waals surface area contributed by atoms with Crippen LogP contribution in [0.1, 0.15) is 0 Å². The van der Waals surface area contributed by atoms with E-state index in [-0.39, 0.29) is 0 Å². The van der Waals surface area contributed by atoms with Gasteiger partial charge < -0.3 is 4.40 Å². The highest BCUT2D eigenvalue weighted by Gasteiger charge is 2.28. The van der Waals surface area contributed by atoms with Crippen molar-refractivity contribution in [1.29, 1.82) is 0 Å². The Labute approximate surface area is 308 Å². The topological polar surface area (TPSA) is 35.1 Å². The average Bonchev–Trinajstić information content (AvgIpc) is 3.89. The van der Waals surface area contributed by atoms with Crippen LogP contribution in [0.15, 0.2) is 170 Å². The van der Waals surface area contributed by atoms with Gasteiger partial charge in [0.1, 0.15) is 5.69 Å². The van der Waals surface area contributed by atoms with Gasteiger partial charge in [0.05, 0.1) is 38.6 Å². The molecule has 0 saturated heterocycles. The molecule has 0 radical (unpaired) electrons. The van der Waals surface area contributed by atoms with Crippen molar-refractivity contribution in [3.05, 3.63) is 170 Å². The summed E-state index contributed by atoms with van der Waals surface area (Å²) in [6.07, 6.45) is 0. The first-order valence-corrected chi connectivity index (χ1v) is 18.5. The van der Waals surface area contributed by atoms with Gasteiger partial charge in [-0.1, -0.05) is 146 Å². The van der Waals surface area contributed by atoms with Crippen molar-refractivity contribution >= 4 is 103 Å². The Balaban J connectivity index is 1.34. The third kappa shape index (κ3) is 3.48. The highest BCUT2D eigenvalue weighted by molar-refractivity contribution is 6.39. The molecular weight excluding hydrogens is 657 g/mol. The van der Waals surface area contributed by atoms with Crippen LogP contribution in [-0.4, -0.2) is 18.9 Å².